The number of nitrogens with zero attached hydrogens (tertiary/aromatic N) is 1. The van der Waals surface area contributed by atoms with Gasteiger partial charge in [0.1, 0.15) is 6.29 Å². The quantitative estimate of drug-likeness (QED) is 0.598. The van der Waals surface area contributed by atoms with E-state index >= 15 is 0 Å². The van der Waals surface area contributed by atoms with E-state index in [0.29, 0.717) is 6.04 Å². The fourth-order valence-corrected chi connectivity index (χ4v) is 2.61. The fraction of sp³-hybridized carbons (Fsp3) is 0.438. The second kappa shape index (κ2) is 5.38. The molecule has 0 aliphatic carbocycles. The molecular weight excluding hydrogens is 222 g/mol. The molecule has 2 nitrogen and oxygen atoms in total. The molecule has 2 heteroatoms. The van der Waals surface area contributed by atoms with Gasteiger partial charge in [-0.3, -0.25) is 4.79 Å². The highest BCUT2D eigenvalue weighted by atomic mass is 16.1. The van der Waals surface area contributed by atoms with Gasteiger partial charge in [-0.05, 0) is 68.5 Å². The smallest absolute Gasteiger partial charge is 0.143 e. The van der Waals surface area contributed by atoms with Gasteiger partial charge in [0, 0.05) is 18.3 Å². The topological polar surface area (TPSA) is 20.3 Å². The maximum Gasteiger partial charge on any atom is 0.143 e. The predicted octanol–water partition coefficient (Wildman–Crippen LogP) is 3.45. The lowest BCUT2D eigenvalue weighted by molar-refractivity contribution is -0.104. The monoisotopic (exact) mass is 243 g/mol. The second-order valence-electron chi connectivity index (χ2n) is 5.22. The van der Waals surface area contributed by atoms with Crippen molar-refractivity contribution < 1.29 is 4.79 Å². The fourth-order valence-electron chi connectivity index (χ4n) is 2.61. The lowest BCUT2D eigenvalue weighted by atomic mass is 9.96. The molecule has 0 fully saturated rings. The highest BCUT2D eigenvalue weighted by Gasteiger charge is 2.19. The third kappa shape index (κ3) is 2.47. The predicted molar refractivity (Wildman–Crippen MR) is 77.0 cm³/mol. The molecule has 0 aromatic heterocycles. The summed E-state index contributed by atoms with van der Waals surface area (Å²) in [5.41, 5.74) is 4.96. The molecule has 1 aromatic carbocycles. The van der Waals surface area contributed by atoms with Crippen LogP contribution in [-0.2, 0) is 11.2 Å². The van der Waals surface area contributed by atoms with E-state index in [2.05, 4.69) is 36.9 Å². The van der Waals surface area contributed by atoms with Crippen molar-refractivity contribution >= 4 is 17.5 Å². The summed E-state index contributed by atoms with van der Waals surface area (Å²) in [6.45, 7) is 7.60. The van der Waals surface area contributed by atoms with Crippen LogP contribution < -0.4 is 4.90 Å². The normalized spacial score (nSPS) is 15.8. The third-order valence-corrected chi connectivity index (χ3v) is 3.63. The van der Waals surface area contributed by atoms with Crippen LogP contribution in [0.2, 0.25) is 0 Å². The highest BCUT2D eigenvalue weighted by Crippen LogP contribution is 2.31. The SMILES string of the molecule is CC(=CC=O)c1ccc2c(c1)CCCN2C(C)C. The van der Waals surface area contributed by atoms with Crippen LogP contribution >= 0.6 is 0 Å². The molecule has 1 aliphatic rings. The molecule has 2 rings (SSSR count). The molecule has 18 heavy (non-hydrogen) atoms. The number of carbonyl (C=O) groups excluding carboxylic acids is 1. The molecule has 0 unspecified atom stereocenters. The average molecular weight is 243 g/mol. The average Bonchev–Trinajstić information content (AvgIpc) is 2.37. The zero-order valence-corrected chi connectivity index (χ0v) is 11.4. The minimum atomic E-state index is 0.543. The Bertz CT molecular complexity index is 474. The summed E-state index contributed by atoms with van der Waals surface area (Å²) in [5.74, 6) is 0. The van der Waals surface area contributed by atoms with Crippen LogP contribution in [0.3, 0.4) is 0 Å². The molecule has 0 saturated heterocycles. The lowest BCUT2D eigenvalue weighted by Gasteiger charge is -2.35. The van der Waals surface area contributed by atoms with E-state index < -0.39 is 0 Å². The van der Waals surface area contributed by atoms with Gasteiger partial charge in [0.05, 0.1) is 0 Å². The van der Waals surface area contributed by atoms with Gasteiger partial charge in [0.2, 0.25) is 0 Å². The summed E-state index contributed by atoms with van der Waals surface area (Å²) in [6, 6.07) is 7.10. The van der Waals surface area contributed by atoms with Crippen LogP contribution in [0.25, 0.3) is 5.57 Å². The summed E-state index contributed by atoms with van der Waals surface area (Å²) >= 11 is 0. The van der Waals surface area contributed by atoms with E-state index in [1.54, 1.807) is 6.08 Å². The van der Waals surface area contributed by atoms with E-state index in [1.165, 1.54) is 17.7 Å². The van der Waals surface area contributed by atoms with Crippen LogP contribution in [0.5, 0.6) is 0 Å². The van der Waals surface area contributed by atoms with Crippen molar-refractivity contribution in [2.45, 2.75) is 39.7 Å². The Hall–Kier alpha value is -1.57. The summed E-state index contributed by atoms with van der Waals surface area (Å²) < 4.78 is 0. The Morgan fingerprint density at radius 2 is 2.17 bits per heavy atom. The Kier molecular flexibility index (Phi) is 3.85. The maximum atomic E-state index is 10.5. The van der Waals surface area contributed by atoms with Crippen LogP contribution in [0.15, 0.2) is 24.3 Å². The zero-order valence-electron chi connectivity index (χ0n) is 11.4. The van der Waals surface area contributed by atoms with Gasteiger partial charge in [-0.25, -0.2) is 0 Å². The first kappa shape index (κ1) is 12.9. The Morgan fingerprint density at radius 3 is 2.83 bits per heavy atom. The van der Waals surface area contributed by atoms with Crippen molar-refractivity contribution in [2.75, 3.05) is 11.4 Å². The zero-order chi connectivity index (χ0) is 13.1. The number of hydrogen-bond donors (Lipinski definition) is 0. The number of hydrogen-bond acceptors (Lipinski definition) is 2. The minimum absolute atomic E-state index is 0.543. The highest BCUT2D eigenvalue weighted by molar-refractivity contribution is 5.81. The number of aldehydes is 1. The van der Waals surface area contributed by atoms with Crippen LogP contribution in [0.4, 0.5) is 5.69 Å². The summed E-state index contributed by atoms with van der Waals surface area (Å²) in [7, 11) is 0. The molecule has 0 N–H and O–H groups in total. The van der Waals surface area contributed by atoms with Crippen LogP contribution in [-0.4, -0.2) is 18.9 Å². The maximum absolute atomic E-state index is 10.5. The van der Waals surface area contributed by atoms with Gasteiger partial charge in [-0.2, -0.15) is 0 Å². The van der Waals surface area contributed by atoms with Gasteiger partial charge < -0.3 is 4.90 Å². The van der Waals surface area contributed by atoms with E-state index in [0.717, 1.165) is 30.4 Å². The molecule has 0 radical (unpaired) electrons. The molecule has 1 aliphatic heterocycles. The molecule has 0 bridgehead atoms. The van der Waals surface area contributed by atoms with Gasteiger partial charge in [0.15, 0.2) is 0 Å². The number of rotatable bonds is 3. The van der Waals surface area contributed by atoms with Crippen molar-refractivity contribution in [3.05, 3.63) is 35.4 Å². The molecule has 1 aromatic rings. The largest absolute Gasteiger partial charge is 0.369 e. The first-order valence-corrected chi connectivity index (χ1v) is 6.65. The Balaban J connectivity index is 2.38. The first-order valence-electron chi connectivity index (χ1n) is 6.65. The number of aryl methyl sites for hydroxylation is 1. The number of fused-ring (bicyclic) bond motifs is 1. The summed E-state index contributed by atoms with van der Waals surface area (Å²) in [4.78, 5) is 13.0. The van der Waals surface area contributed by atoms with Crippen molar-refractivity contribution in [1.82, 2.24) is 0 Å². The lowest BCUT2D eigenvalue weighted by Crippen LogP contribution is -2.35. The molecule has 0 spiro atoms. The second-order valence-corrected chi connectivity index (χ2v) is 5.22. The minimum Gasteiger partial charge on any atom is -0.369 e. The van der Waals surface area contributed by atoms with E-state index in [1.807, 2.05) is 6.92 Å². The summed E-state index contributed by atoms with van der Waals surface area (Å²) in [6.07, 6.45) is 4.84. The molecule has 96 valence electrons. The van der Waals surface area contributed by atoms with Crippen molar-refractivity contribution in [3.8, 4) is 0 Å². The van der Waals surface area contributed by atoms with E-state index in [-0.39, 0.29) is 0 Å². The summed E-state index contributed by atoms with van der Waals surface area (Å²) in [5, 5.41) is 0. The Morgan fingerprint density at radius 1 is 1.39 bits per heavy atom. The van der Waals surface area contributed by atoms with Crippen molar-refractivity contribution in [1.29, 1.82) is 0 Å². The van der Waals surface area contributed by atoms with Gasteiger partial charge >= 0.3 is 0 Å². The molecular formula is C16H21NO. The van der Waals surface area contributed by atoms with Crippen molar-refractivity contribution in [3.63, 3.8) is 0 Å². The number of anilines is 1. The molecule has 1 heterocycles. The van der Waals surface area contributed by atoms with Gasteiger partial charge in [-0.15, -0.1) is 0 Å². The van der Waals surface area contributed by atoms with E-state index in [4.69, 9.17) is 0 Å². The van der Waals surface area contributed by atoms with Gasteiger partial charge in [-0.1, -0.05) is 6.07 Å². The van der Waals surface area contributed by atoms with E-state index in [9.17, 15) is 4.79 Å². The number of carbonyl (C=O) groups is 1. The van der Waals surface area contributed by atoms with Crippen molar-refractivity contribution in [2.24, 2.45) is 0 Å². The number of allylic oxidation sites excluding steroid dienone is 2. The molecule has 0 amide bonds. The molecule has 0 atom stereocenters. The van der Waals surface area contributed by atoms with Crippen LogP contribution in [0, 0.1) is 0 Å². The van der Waals surface area contributed by atoms with Gasteiger partial charge in [0.25, 0.3) is 0 Å². The van der Waals surface area contributed by atoms with Crippen LogP contribution in [0.1, 0.15) is 38.3 Å². The Labute approximate surface area is 109 Å². The molecule has 0 saturated carbocycles. The number of benzene rings is 1. The standard InChI is InChI=1S/C16H21NO/c1-12(2)17-9-4-5-15-11-14(6-7-16(15)17)13(3)8-10-18/h6-8,10-12H,4-5,9H2,1-3H3. The first-order chi connectivity index (χ1) is 8.63. The third-order valence-electron chi connectivity index (χ3n) is 3.63.